The first-order chi connectivity index (χ1) is 10.0. The number of nitrogens with zero attached hydrogens (tertiary/aromatic N) is 1. The number of hydrogen-bond acceptors (Lipinski definition) is 7. The molecule has 2 heterocycles. The molecular weight excluding hydrogens is 299 g/mol. The lowest BCUT2D eigenvalue weighted by atomic mass is 10.3. The summed E-state index contributed by atoms with van der Waals surface area (Å²) in [5.41, 5.74) is 5.28. The van der Waals surface area contributed by atoms with Gasteiger partial charge in [0.15, 0.2) is 11.5 Å². The molecule has 0 spiro atoms. The average Bonchev–Trinajstić information content (AvgIpc) is 3.08. The zero-order valence-electron chi connectivity index (χ0n) is 11.6. The topological polar surface area (TPSA) is 118 Å². The zero-order chi connectivity index (χ0) is 15.5. The maximum Gasteiger partial charge on any atom is 0.365 e. The second-order valence-corrected chi connectivity index (χ2v) is 5.90. The van der Waals surface area contributed by atoms with Gasteiger partial charge in [0.2, 0.25) is 5.76 Å². The summed E-state index contributed by atoms with van der Waals surface area (Å²) in [5, 5.41) is 3.89. The molecule has 0 saturated carbocycles. The molecular formula is C12H15N2O6P. The van der Waals surface area contributed by atoms with Crippen LogP contribution in [0.1, 0.15) is 24.4 Å². The van der Waals surface area contributed by atoms with E-state index in [1.165, 1.54) is 18.4 Å². The van der Waals surface area contributed by atoms with Crippen molar-refractivity contribution in [3.05, 3.63) is 24.2 Å². The van der Waals surface area contributed by atoms with Gasteiger partial charge in [-0.1, -0.05) is 5.16 Å². The Hall–Kier alpha value is -1.89. The number of hydrogen-bond donors (Lipinski definition) is 1. The summed E-state index contributed by atoms with van der Waals surface area (Å²) in [6.45, 7) is 3.81. The van der Waals surface area contributed by atoms with Crippen molar-refractivity contribution in [1.82, 2.24) is 5.16 Å². The highest BCUT2D eigenvalue weighted by Crippen LogP contribution is 2.49. The van der Waals surface area contributed by atoms with Gasteiger partial charge >= 0.3 is 7.60 Å². The summed E-state index contributed by atoms with van der Waals surface area (Å²) in [6, 6.07) is 2.77. The monoisotopic (exact) mass is 314 g/mol. The van der Waals surface area contributed by atoms with Crippen molar-refractivity contribution in [3.63, 3.8) is 0 Å². The Kier molecular flexibility index (Phi) is 4.62. The van der Waals surface area contributed by atoms with Crippen LogP contribution in [0.15, 0.2) is 27.3 Å². The summed E-state index contributed by atoms with van der Waals surface area (Å²) in [7, 11) is -3.53. The Morgan fingerprint density at radius 3 is 2.57 bits per heavy atom. The molecule has 0 radical (unpaired) electrons. The molecule has 0 bridgehead atoms. The summed E-state index contributed by atoms with van der Waals surface area (Å²) in [4.78, 5) is 11.0. The molecule has 2 aromatic heterocycles. The smallest absolute Gasteiger partial charge is 0.365 e. The van der Waals surface area contributed by atoms with E-state index in [1.54, 1.807) is 13.8 Å². The van der Waals surface area contributed by atoms with Crippen LogP contribution in [0.4, 0.5) is 0 Å². The Bertz CT molecular complexity index is 667. The van der Waals surface area contributed by atoms with Crippen LogP contribution in [0.5, 0.6) is 0 Å². The molecule has 2 N–H and O–H groups in total. The van der Waals surface area contributed by atoms with Gasteiger partial charge in [-0.15, -0.1) is 0 Å². The van der Waals surface area contributed by atoms with Crippen molar-refractivity contribution >= 4 is 18.8 Å². The number of rotatable bonds is 7. The zero-order valence-corrected chi connectivity index (χ0v) is 12.5. The third kappa shape index (κ3) is 3.07. The lowest BCUT2D eigenvalue weighted by Gasteiger charge is -2.16. The molecule has 1 amide bonds. The van der Waals surface area contributed by atoms with E-state index in [0.29, 0.717) is 0 Å². The molecule has 0 atom stereocenters. The predicted molar refractivity (Wildman–Crippen MR) is 73.2 cm³/mol. The lowest BCUT2D eigenvalue weighted by Crippen LogP contribution is -2.11. The average molecular weight is 314 g/mol. The summed E-state index contributed by atoms with van der Waals surface area (Å²) in [6.07, 6.45) is 1.33. The number of nitrogens with two attached hydrogens (primary N) is 1. The first kappa shape index (κ1) is 15.5. The van der Waals surface area contributed by atoms with Crippen LogP contribution in [-0.2, 0) is 13.6 Å². The van der Waals surface area contributed by atoms with Crippen LogP contribution in [0.25, 0.3) is 11.5 Å². The minimum absolute atomic E-state index is 0.130. The molecule has 114 valence electrons. The second-order valence-electron chi connectivity index (χ2n) is 3.91. The summed E-state index contributed by atoms with van der Waals surface area (Å²) in [5.74, 6) is -0.744. The minimum atomic E-state index is -3.53. The van der Waals surface area contributed by atoms with Gasteiger partial charge in [-0.25, -0.2) is 0 Å². The Labute approximate surface area is 120 Å². The van der Waals surface area contributed by atoms with Gasteiger partial charge in [0.25, 0.3) is 5.91 Å². The third-order valence-corrected chi connectivity index (χ3v) is 4.66. The molecule has 0 fully saturated rings. The van der Waals surface area contributed by atoms with E-state index in [-0.39, 0.29) is 35.7 Å². The van der Waals surface area contributed by atoms with E-state index < -0.39 is 13.5 Å². The molecule has 2 rings (SSSR count). The van der Waals surface area contributed by atoms with Crippen LogP contribution in [0.2, 0.25) is 0 Å². The standard InChI is InChI=1S/C12H15N2O6P/c1-3-18-21(16,19-4-2)10-5-6-17-11(10)8-7-9(12(13)15)20-14-8/h5-7H,3-4H2,1-2H3,(H2,13,15). The normalized spacial score (nSPS) is 11.7. The van der Waals surface area contributed by atoms with Crippen molar-refractivity contribution in [1.29, 1.82) is 0 Å². The number of primary amides is 1. The van der Waals surface area contributed by atoms with E-state index in [0.717, 1.165) is 0 Å². The maximum absolute atomic E-state index is 12.8. The fraction of sp³-hybridized carbons (Fsp3) is 0.333. The van der Waals surface area contributed by atoms with Gasteiger partial charge in [-0.05, 0) is 19.9 Å². The first-order valence-electron chi connectivity index (χ1n) is 6.26. The molecule has 0 aliphatic rings. The van der Waals surface area contributed by atoms with Crippen molar-refractivity contribution in [2.24, 2.45) is 5.73 Å². The molecule has 8 nitrogen and oxygen atoms in total. The SMILES string of the molecule is CCOP(=O)(OCC)c1ccoc1-c1cc(C(N)=O)on1. The largest absolute Gasteiger partial charge is 0.462 e. The van der Waals surface area contributed by atoms with Gasteiger partial charge in [-0.3, -0.25) is 9.36 Å². The van der Waals surface area contributed by atoms with Crippen LogP contribution in [0, 0.1) is 0 Å². The lowest BCUT2D eigenvalue weighted by molar-refractivity contribution is 0.0965. The molecule has 9 heteroatoms. The van der Waals surface area contributed by atoms with E-state index in [9.17, 15) is 9.36 Å². The van der Waals surface area contributed by atoms with E-state index in [1.807, 2.05) is 0 Å². The van der Waals surface area contributed by atoms with Crippen LogP contribution in [-0.4, -0.2) is 24.3 Å². The van der Waals surface area contributed by atoms with Crippen molar-refractivity contribution in [2.45, 2.75) is 13.8 Å². The van der Waals surface area contributed by atoms with Crippen molar-refractivity contribution in [2.75, 3.05) is 13.2 Å². The molecule has 2 aromatic rings. The van der Waals surface area contributed by atoms with E-state index >= 15 is 0 Å². The Balaban J connectivity index is 2.45. The maximum atomic E-state index is 12.8. The van der Waals surface area contributed by atoms with Gasteiger partial charge in [0, 0.05) is 6.07 Å². The number of carbonyl (C=O) groups is 1. The number of carbonyl (C=O) groups excluding carboxylic acids is 1. The highest BCUT2D eigenvalue weighted by Gasteiger charge is 2.33. The van der Waals surface area contributed by atoms with Gasteiger partial charge in [-0.2, -0.15) is 0 Å². The summed E-state index contributed by atoms with van der Waals surface area (Å²) < 4.78 is 33.3. The predicted octanol–water partition coefficient (Wildman–Crippen LogP) is 1.92. The van der Waals surface area contributed by atoms with E-state index in [2.05, 4.69) is 5.16 Å². The number of aromatic nitrogens is 1. The second kappa shape index (κ2) is 6.26. The third-order valence-electron chi connectivity index (χ3n) is 2.52. The minimum Gasteiger partial charge on any atom is -0.462 e. The van der Waals surface area contributed by atoms with Gasteiger partial charge < -0.3 is 23.7 Å². The van der Waals surface area contributed by atoms with Gasteiger partial charge in [0.05, 0.1) is 19.5 Å². The molecule has 21 heavy (non-hydrogen) atoms. The Morgan fingerprint density at radius 1 is 1.38 bits per heavy atom. The summed E-state index contributed by atoms with van der Waals surface area (Å²) >= 11 is 0. The van der Waals surface area contributed by atoms with Gasteiger partial charge in [0.1, 0.15) is 5.30 Å². The number of furan rings is 1. The van der Waals surface area contributed by atoms with Crippen molar-refractivity contribution < 1.29 is 27.3 Å². The van der Waals surface area contributed by atoms with E-state index in [4.69, 9.17) is 23.7 Å². The highest BCUT2D eigenvalue weighted by atomic mass is 31.2. The number of amides is 1. The molecule has 0 unspecified atom stereocenters. The molecule has 0 aliphatic heterocycles. The van der Waals surface area contributed by atoms with Crippen LogP contribution < -0.4 is 11.0 Å². The first-order valence-corrected chi connectivity index (χ1v) is 7.80. The quantitative estimate of drug-likeness (QED) is 0.775. The van der Waals surface area contributed by atoms with Crippen LogP contribution >= 0.6 is 7.60 Å². The molecule has 0 aliphatic carbocycles. The highest BCUT2D eigenvalue weighted by molar-refractivity contribution is 7.62. The van der Waals surface area contributed by atoms with Crippen LogP contribution in [0.3, 0.4) is 0 Å². The fourth-order valence-electron chi connectivity index (χ4n) is 1.72. The van der Waals surface area contributed by atoms with Crippen molar-refractivity contribution in [3.8, 4) is 11.5 Å². The molecule has 0 saturated heterocycles. The Morgan fingerprint density at radius 2 is 2.05 bits per heavy atom. The molecule has 0 aromatic carbocycles. The fourth-order valence-corrected chi connectivity index (χ4v) is 3.42.